The van der Waals surface area contributed by atoms with E-state index in [-0.39, 0.29) is 6.04 Å². The van der Waals surface area contributed by atoms with Crippen LogP contribution in [0.2, 0.25) is 0 Å². The van der Waals surface area contributed by atoms with Crippen LogP contribution in [0, 0.1) is 0 Å². The van der Waals surface area contributed by atoms with Gasteiger partial charge in [0.15, 0.2) is 0 Å². The maximum atomic E-state index is 10.2. The summed E-state index contributed by atoms with van der Waals surface area (Å²) in [4.78, 5) is 2.20. The van der Waals surface area contributed by atoms with Crippen molar-refractivity contribution in [3.8, 4) is 5.75 Å². The Morgan fingerprint density at radius 1 is 1.00 bits per heavy atom. The molecule has 1 heterocycles. The van der Waals surface area contributed by atoms with Crippen LogP contribution in [-0.2, 0) is 6.54 Å². The molecule has 1 aliphatic rings. The average molecular weight is 290 g/mol. The van der Waals surface area contributed by atoms with E-state index < -0.39 is 0 Å². The lowest BCUT2D eigenvalue weighted by molar-refractivity contribution is 0.471. The van der Waals surface area contributed by atoms with Crippen molar-refractivity contribution in [1.82, 2.24) is 0 Å². The van der Waals surface area contributed by atoms with Gasteiger partial charge in [0.1, 0.15) is 5.75 Å². The van der Waals surface area contributed by atoms with Crippen LogP contribution in [-0.4, -0.2) is 11.7 Å². The Labute approximate surface area is 129 Å². The molecule has 1 aliphatic heterocycles. The lowest BCUT2D eigenvalue weighted by atomic mass is 9.98. The van der Waals surface area contributed by atoms with Gasteiger partial charge in [0.2, 0.25) is 0 Å². The van der Waals surface area contributed by atoms with E-state index in [1.54, 1.807) is 6.07 Å². The zero-order chi connectivity index (χ0) is 15.1. The average Bonchev–Trinajstić information content (AvgIpc) is 2.94. The highest BCUT2D eigenvalue weighted by Crippen LogP contribution is 2.42. The Balaban J connectivity index is 1.88. The number of hydrogen-bond acceptors (Lipinski definition) is 3. The first-order valence-electron chi connectivity index (χ1n) is 7.55. The van der Waals surface area contributed by atoms with E-state index in [1.807, 2.05) is 18.2 Å². The summed E-state index contributed by atoms with van der Waals surface area (Å²) >= 11 is 0. The van der Waals surface area contributed by atoms with Crippen molar-refractivity contribution < 1.29 is 5.11 Å². The van der Waals surface area contributed by atoms with E-state index in [0.29, 0.717) is 12.3 Å². The number of anilines is 1. The molecule has 4 rings (SSSR count). The fourth-order valence-corrected chi connectivity index (χ4v) is 3.50. The summed E-state index contributed by atoms with van der Waals surface area (Å²) in [6.07, 6.45) is 0. The van der Waals surface area contributed by atoms with Crippen molar-refractivity contribution in [1.29, 1.82) is 0 Å². The molecule has 22 heavy (non-hydrogen) atoms. The lowest BCUT2D eigenvalue weighted by Gasteiger charge is -2.26. The molecule has 0 aromatic heterocycles. The van der Waals surface area contributed by atoms with Crippen LogP contribution < -0.4 is 10.6 Å². The molecule has 3 N–H and O–H groups in total. The molecule has 0 saturated carbocycles. The van der Waals surface area contributed by atoms with Crippen LogP contribution in [0.3, 0.4) is 0 Å². The Bertz CT molecular complexity index is 844. The molecule has 0 amide bonds. The van der Waals surface area contributed by atoms with Gasteiger partial charge in [0.05, 0.1) is 11.7 Å². The molecule has 110 valence electrons. The van der Waals surface area contributed by atoms with Gasteiger partial charge in [-0.25, -0.2) is 0 Å². The third-order valence-corrected chi connectivity index (χ3v) is 4.55. The van der Waals surface area contributed by atoms with Crippen LogP contribution in [0.1, 0.15) is 17.2 Å². The number of rotatable bonds is 2. The predicted molar refractivity (Wildman–Crippen MR) is 90.0 cm³/mol. The number of phenolic OH excluding ortho intramolecular Hbond substituents is 1. The summed E-state index contributed by atoms with van der Waals surface area (Å²) in [5.41, 5.74) is 9.48. The van der Waals surface area contributed by atoms with Crippen molar-refractivity contribution in [3.05, 3.63) is 71.8 Å². The second-order valence-corrected chi connectivity index (χ2v) is 5.72. The van der Waals surface area contributed by atoms with Gasteiger partial charge in [-0.2, -0.15) is 0 Å². The van der Waals surface area contributed by atoms with Gasteiger partial charge in [-0.3, -0.25) is 0 Å². The van der Waals surface area contributed by atoms with E-state index in [2.05, 4.69) is 41.3 Å². The van der Waals surface area contributed by atoms with E-state index >= 15 is 0 Å². The molecule has 0 saturated heterocycles. The number of hydrogen-bond donors (Lipinski definition) is 2. The third-order valence-electron chi connectivity index (χ3n) is 4.55. The number of benzene rings is 3. The highest BCUT2D eigenvalue weighted by Gasteiger charge is 2.31. The second-order valence-electron chi connectivity index (χ2n) is 5.72. The van der Waals surface area contributed by atoms with Gasteiger partial charge >= 0.3 is 0 Å². The summed E-state index contributed by atoms with van der Waals surface area (Å²) < 4.78 is 0. The van der Waals surface area contributed by atoms with Crippen molar-refractivity contribution in [3.63, 3.8) is 0 Å². The smallest absolute Gasteiger partial charge is 0.138 e. The van der Waals surface area contributed by atoms with Crippen molar-refractivity contribution in [2.45, 2.75) is 12.6 Å². The summed E-state index contributed by atoms with van der Waals surface area (Å²) in [6.45, 7) is 1.30. The molecule has 0 bridgehead atoms. The normalized spacial score (nSPS) is 17.0. The number of aromatic hydroxyl groups is 1. The number of phenols is 1. The zero-order valence-electron chi connectivity index (χ0n) is 12.2. The molecule has 0 aliphatic carbocycles. The minimum Gasteiger partial charge on any atom is -0.506 e. The Morgan fingerprint density at radius 3 is 2.59 bits per heavy atom. The molecule has 1 unspecified atom stereocenters. The van der Waals surface area contributed by atoms with Gasteiger partial charge in [-0.15, -0.1) is 0 Å². The fraction of sp³-hybridized carbons (Fsp3) is 0.158. The molecular formula is C19H18N2O. The molecule has 0 spiro atoms. The van der Waals surface area contributed by atoms with Crippen LogP contribution in [0.25, 0.3) is 10.8 Å². The molecule has 0 fully saturated rings. The highest BCUT2D eigenvalue weighted by atomic mass is 16.3. The topological polar surface area (TPSA) is 49.5 Å². The lowest BCUT2D eigenvalue weighted by Crippen LogP contribution is -2.27. The molecule has 3 aromatic rings. The van der Waals surface area contributed by atoms with E-state index in [9.17, 15) is 5.11 Å². The second kappa shape index (κ2) is 5.04. The van der Waals surface area contributed by atoms with Crippen LogP contribution in [0.4, 0.5) is 5.69 Å². The maximum Gasteiger partial charge on any atom is 0.138 e. The van der Waals surface area contributed by atoms with Gasteiger partial charge in [-0.1, -0.05) is 48.5 Å². The van der Waals surface area contributed by atoms with Crippen LogP contribution in [0.5, 0.6) is 5.75 Å². The quantitative estimate of drug-likeness (QED) is 0.758. The highest BCUT2D eigenvalue weighted by molar-refractivity contribution is 5.88. The zero-order valence-corrected chi connectivity index (χ0v) is 12.2. The first kappa shape index (κ1) is 13.2. The first-order valence-corrected chi connectivity index (χ1v) is 7.55. The number of nitrogens with zero attached hydrogens (tertiary/aromatic N) is 1. The van der Waals surface area contributed by atoms with Gasteiger partial charge in [0.25, 0.3) is 0 Å². The minimum absolute atomic E-state index is 0.105. The number of fused-ring (bicyclic) bond motifs is 3. The van der Waals surface area contributed by atoms with Gasteiger partial charge < -0.3 is 15.7 Å². The van der Waals surface area contributed by atoms with Crippen LogP contribution in [0.15, 0.2) is 60.7 Å². The monoisotopic (exact) mass is 290 g/mol. The van der Waals surface area contributed by atoms with E-state index in [0.717, 1.165) is 12.2 Å². The first-order chi connectivity index (χ1) is 10.8. The molecule has 3 aromatic carbocycles. The standard InChI is InChI=1S/C19H18N2O/c20-11-18-15-10-9-13-5-1-2-6-14(13)16(15)12-21(18)17-7-3-4-8-19(17)22/h1-10,18,22H,11-12,20H2. The minimum atomic E-state index is 0.105. The summed E-state index contributed by atoms with van der Waals surface area (Å²) in [7, 11) is 0. The Kier molecular flexibility index (Phi) is 3.01. The summed E-state index contributed by atoms with van der Waals surface area (Å²) in [5, 5.41) is 12.7. The van der Waals surface area contributed by atoms with Crippen molar-refractivity contribution >= 4 is 16.5 Å². The Morgan fingerprint density at radius 2 is 1.77 bits per heavy atom. The number of nitrogens with two attached hydrogens (primary N) is 1. The third kappa shape index (κ3) is 1.86. The van der Waals surface area contributed by atoms with Crippen LogP contribution >= 0.6 is 0 Å². The molecular weight excluding hydrogens is 272 g/mol. The van der Waals surface area contributed by atoms with Crippen molar-refractivity contribution in [2.75, 3.05) is 11.4 Å². The van der Waals surface area contributed by atoms with E-state index in [1.165, 1.54) is 21.9 Å². The summed E-state index contributed by atoms with van der Waals surface area (Å²) in [5.74, 6) is 0.304. The predicted octanol–water partition coefficient (Wildman–Crippen LogP) is 3.57. The Hall–Kier alpha value is -2.52. The molecule has 0 radical (unpaired) electrons. The van der Waals surface area contributed by atoms with Gasteiger partial charge in [-0.05, 0) is 34.0 Å². The number of para-hydroxylation sites is 2. The van der Waals surface area contributed by atoms with Crippen molar-refractivity contribution in [2.24, 2.45) is 5.73 Å². The maximum absolute atomic E-state index is 10.2. The SMILES string of the molecule is NCC1c2ccc3ccccc3c2CN1c1ccccc1O. The molecule has 3 nitrogen and oxygen atoms in total. The van der Waals surface area contributed by atoms with E-state index in [4.69, 9.17) is 5.73 Å². The fourth-order valence-electron chi connectivity index (χ4n) is 3.50. The van der Waals surface area contributed by atoms with Gasteiger partial charge in [0, 0.05) is 13.1 Å². The summed E-state index contributed by atoms with van der Waals surface area (Å²) in [6, 6.07) is 20.3. The molecule has 3 heteroatoms. The largest absolute Gasteiger partial charge is 0.506 e. The molecule has 1 atom stereocenters.